The largest absolute Gasteiger partial charge is 0.305 e. The van der Waals surface area contributed by atoms with Crippen LogP contribution in [0, 0.1) is 28.1 Å². The second-order valence-corrected chi connectivity index (χ2v) is 12.2. The van der Waals surface area contributed by atoms with E-state index in [1.807, 2.05) is 56.3 Å². The Morgan fingerprint density at radius 1 is 0.972 bits per heavy atom. The van der Waals surface area contributed by atoms with Crippen LogP contribution in [-0.2, 0) is 16.3 Å². The van der Waals surface area contributed by atoms with E-state index in [0.29, 0.717) is 17.0 Å². The molecule has 0 amide bonds. The van der Waals surface area contributed by atoms with Crippen LogP contribution in [0.3, 0.4) is 0 Å². The maximum Gasteiger partial charge on any atom is 0.175 e. The predicted molar refractivity (Wildman–Crippen MR) is 143 cm³/mol. The van der Waals surface area contributed by atoms with Crippen LogP contribution in [0.4, 0.5) is 0 Å². The SMILES string of the molecule is C[C@H](NC(c1ccc(S(C)(=O)=O)cc1)C(C)(C)C#N)[C@@H](Cc1ccc(Cl)cc1)c1cccc(C#N)c1. The Hall–Kier alpha value is -3.16. The lowest BCUT2D eigenvalue weighted by Gasteiger charge is -2.36. The third kappa shape index (κ3) is 6.74. The van der Waals surface area contributed by atoms with E-state index in [9.17, 15) is 18.9 Å². The molecule has 0 aliphatic carbocycles. The fourth-order valence-corrected chi connectivity index (χ4v) is 5.13. The van der Waals surface area contributed by atoms with Gasteiger partial charge in [-0.05, 0) is 80.3 Å². The lowest BCUT2D eigenvalue weighted by molar-refractivity contribution is 0.281. The summed E-state index contributed by atoms with van der Waals surface area (Å²) in [5.41, 5.74) is 2.77. The van der Waals surface area contributed by atoms with Gasteiger partial charge in [-0.25, -0.2) is 8.42 Å². The molecule has 5 nitrogen and oxygen atoms in total. The summed E-state index contributed by atoms with van der Waals surface area (Å²) >= 11 is 6.09. The Kier molecular flexibility index (Phi) is 8.59. The molecular formula is C29H30ClN3O2S. The molecule has 3 aromatic carbocycles. The van der Waals surface area contributed by atoms with Crippen molar-refractivity contribution < 1.29 is 8.42 Å². The molecule has 1 unspecified atom stereocenters. The highest BCUT2D eigenvalue weighted by atomic mass is 35.5. The third-order valence-corrected chi connectivity index (χ3v) is 7.88. The van der Waals surface area contributed by atoms with E-state index >= 15 is 0 Å². The van der Waals surface area contributed by atoms with Crippen molar-refractivity contribution in [3.8, 4) is 12.1 Å². The van der Waals surface area contributed by atoms with E-state index in [1.165, 1.54) is 6.26 Å². The molecule has 0 aromatic heterocycles. The molecule has 186 valence electrons. The number of hydrogen-bond donors (Lipinski definition) is 1. The van der Waals surface area contributed by atoms with E-state index < -0.39 is 15.3 Å². The van der Waals surface area contributed by atoms with Gasteiger partial charge in [0.1, 0.15) is 0 Å². The summed E-state index contributed by atoms with van der Waals surface area (Å²) in [6, 6.07) is 26.2. The van der Waals surface area contributed by atoms with Gasteiger partial charge >= 0.3 is 0 Å². The highest BCUT2D eigenvalue weighted by molar-refractivity contribution is 7.90. The topological polar surface area (TPSA) is 93.8 Å². The van der Waals surface area contributed by atoms with Crippen LogP contribution in [0.5, 0.6) is 0 Å². The molecule has 3 atom stereocenters. The number of halogens is 1. The molecule has 0 saturated heterocycles. The molecule has 36 heavy (non-hydrogen) atoms. The number of nitriles is 2. The van der Waals surface area contributed by atoms with Gasteiger partial charge in [0.2, 0.25) is 0 Å². The third-order valence-electron chi connectivity index (χ3n) is 6.50. The number of nitrogens with one attached hydrogen (secondary N) is 1. The van der Waals surface area contributed by atoms with Gasteiger partial charge in [0.25, 0.3) is 0 Å². The average Bonchev–Trinajstić information content (AvgIpc) is 2.86. The standard InChI is InChI=1S/C29H30ClN3O2S/c1-20(33-28(29(2,3)19-32)23-10-14-26(15-11-23)36(4,34)35)27(17-21-8-12-25(30)13-9-21)24-7-5-6-22(16-24)18-31/h5-16,20,27-28,33H,17H2,1-4H3/t20-,27+,28?/m0/s1. The molecule has 7 heteroatoms. The van der Waals surface area contributed by atoms with E-state index in [-0.39, 0.29) is 22.9 Å². The summed E-state index contributed by atoms with van der Waals surface area (Å²) in [6.45, 7) is 5.81. The van der Waals surface area contributed by atoms with Crippen molar-refractivity contribution in [2.45, 2.75) is 50.1 Å². The van der Waals surface area contributed by atoms with Crippen molar-refractivity contribution in [1.29, 1.82) is 10.5 Å². The number of benzene rings is 3. The lowest BCUT2D eigenvalue weighted by Crippen LogP contribution is -2.42. The van der Waals surface area contributed by atoms with Crippen LogP contribution in [0.15, 0.2) is 77.7 Å². The molecule has 0 heterocycles. The Morgan fingerprint density at radius 2 is 1.61 bits per heavy atom. The highest BCUT2D eigenvalue weighted by Crippen LogP contribution is 2.36. The number of hydrogen-bond acceptors (Lipinski definition) is 5. The first kappa shape index (κ1) is 27.4. The molecule has 3 rings (SSSR count). The minimum absolute atomic E-state index is 0.00763. The zero-order valence-corrected chi connectivity index (χ0v) is 22.4. The fourth-order valence-electron chi connectivity index (χ4n) is 4.37. The van der Waals surface area contributed by atoms with E-state index in [4.69, 9.17) is 11.6 Å². The minimum atomic E-state index is -3.32. The number of nitrogens with zero attached hydrogens (tertiary/aromatic N) is 2. The molecule has 3 aromatic rings. The quantitative estimate of drug-likeness (QED) is 0.362. The minimum Gasteiger partial charge on any atom is -0.305 e. The van der Waals surface area contributed by atoms with Crippen LogP contribution in [-0.4, -0.2) is 20.7 Å². The van der Waals surface area contributed by atoms with Gasteiger partial charge in [-0.3, -0.25) is 0 Å². The van der Waals surface area contributed by atoms with Crippen LogP contribution in [0.25, 0.3) is 0 Å². The van der Waals surface area contributed by atoms with E-state index in [0.717, 1.165) is 16.7 Å². The molecular weight excluding hydrogens is 490 g/mol. The van der Waals surface area contributed by atoms with Gasteiger partial charge in [0, 0.05) is 23.2 Å². The second kappa shape index (κ2) is 11.3. The van der Waals surface area contributed by atoms with Gasteiger partial charge in [0.15, 0.2) is 9.84 Å². The summed E-state index contributed by atoms with van der Waals surface area (Å²) < 4.78 is 23.9. The van der Waals surface area contributed by atoms with Crippen LogP contribution < -0.4 is 5.32 Å². The summed E-state index contributed by atoms with van der Waals surface area (Å²) in [4.78, 5) is 0.238. The molecule has 1 N–H and O–H groups in total. The fraction of sp³-hybridized carbons (Fsp3) is 0.310. The maximum absolute atomic E-state index is 11.9. The summed E-state index contributed by atoms with van der Waals surface area (Å²) in [5, 5.41) is 23.8. The smallest absolute Gasteiger partial charge is 0.175 e. The molecule has 0 radical (unpaired) electrons. The normalized spacial score (nSPS) is 14.3. The van der Waals surface area contributed by atoms with Crippen LogP contribution in [0.1, 0.15) is 55.0 Å². The molecule has 0 saturated carbocycles. The first-order valence-electron chi connectivity index (χ1n) is 11.7. The van der Waals surface area contributed by atoms with Crippen molar-refractivity contribution in [2.75, 3.05) is 6.26 Å². The summed E-state index contributed by atoms with van der Waals surface area (Å²) in [5.74, 6) is -0.00763. The molecule has 0 aliphatic heterocycles. The van der Waals surface area contributed by atoms with Crippen molar-refractivity contribution in [1.82, 2.24) is 5.32 Å². The Labute approximate surface area is 219 Å². The zero-order chi connectivity index (χ0) is 26.5. The summed E-state index contributed by atoms with van der Waals surface area (Å²) in [7, 11) is -3.32. The van der Waals surface area contributed by atoms with Crippen LogP contribution in [0.2, 0.25) is 5.02 Å². The number of sulfone groups is 1. The van der Waals surface area contributed by atoms with Crippen molar-refractivity contribution in [2.24, 2.45) is 5.41 Å². The number of rotatable bonds is 9. The van der Waals surface area contributed by atoms with Crippen molar-refractivity contribution >= 4 is 21.4 Å². The lowest BCUT2D eigenvalue weighted by atomic mass is 9.79. The van der Waals surface area contributed by atoms with E-state index in [1.54, 1.807) is 30.3 Å². The summed E-state index contributed by atoms with van der Waals surface area (Å²) in [6.07, 6.45) is 1.88. The van der Waals surface area contributed by atoms with Gasteiger partial charge in [-0.1, -0.05) is 48.0 Å². The molecule has 0 fully saturated rings. The monoisotopic (exact) mass is 519 g/mol. The zero-order valence-electron chi connectivity index (χ0n) is 20.9. The van der Waals surface area contributed by atoms with Crippen molar-refractivity contribution in [3.63, 3.8) is 0 Å². The predicted octanol–water partition coefficient (Wildman–Crippen LogP) is 6.21. The van der Waals surface area contributed by atoms with Crippen molar-refractivity contribution in [3.05, 3.63) is 100 Å². The van der Waals surface area contributed by atoms with Gasteiger partial charge in [-0.2, -0.15) is 10.5 Å². The Bertz CT molecular complexity index is 1390. The van der Waals surface area contributed by atoms with Crippen LogP contribution >= 0.6 is 11.6 Å². The van der Waals surface area contributed by atoms with E-state index in [2.05, 4.69) is 24.4 Å². The Balaban J connectivity index is 2.00. The maximum atomic E-state index is 11.9. The Morgan fingerprint density at radius 3 is 2.17 bits per heavy atom. The highest BCUT2D eigenvalue weighted by Gasteiger charge is 2.34. The molecule has 0 bridgehead atoms. The molecule has 0 aliphatic rings. The second-order valence-electron chi connectivity index (χ2n) is 9.74. The first-order valence-corrected chi connectivity index (χ1v) is 13.9. The average molecular weight is 520 g/mol. The van der Waals surface area contributed by atoms with Gasteiger partial charge < -0.3 is 5.32 Å². The first-order chi connectivity index (χ1) is 16.9. The van der Waals surface area contributed by atoms with Gasteiger partial charge in [-0.15, -0.1) is 0 Å². The van der Waals surface area contributed by atoms with Gasteiger partial charge in [0.05, 0.1) is 34.1 Å². The molecule has 0 spiro atoms.